The molecule has 3 rings (SSSR count). The molecule has 162 valence electrons. The summed E-state index contributed by atoms with van der Waals surface area (Å²) in [4.78, 5) is 16.3. The van der Waals surface area contributed by atoms with Gasteiger partial charge in [-0.2, -0.15) is 8.78 Å². The summed E-state index contributed by atoms with van der Waals surface area (Å²) in [7, 11) is -3.00. The zero-order chi connectivity index (χ0) is 21.9. The smallest absolute Gasteiger partial charge is 0.341 e. The van der Waals surface area contributed by atoms with Crippen molar-refractivity contribution in [2.24, 2.45) is 0 Å². The second kappa shape index (κ2) is 9.09. The van der Waals surface area contributed by atoms with E-state index in [0.29, 0.717) is 44.0 Å². The molecule has 0 spiro atoms. The number of rotatable bonds is 6. The highest BCUT2D eigenvalue weighted by molar-refractivity contribution is 7.91. The standard InChI is InChI=1S/C21H24F2N2O4S/c1-15-3-6-17(13-19(15)29-2)20(26)25-11-9-24(10-12-25)14-16-4-7-18(8-5-16)30(27,28)21(22)23/h3-8,13,21H,9-12,14H2,1-2H3. The van der Waals surface area contributed by atoms with Gasteiger partial charge in [0.15, 0.2) is 0 Å². The lowest BCUT2D eigenvalue weighted by atomic mass is 10.1. The Labute approximate surface area is 175 Å². The first kappa shape index (κ1) is 22.2. The van der Waals surface area contributed by atoms with E-state index >= 15 is 0 Å². The fourth-order valence-corrected chi connectivity index (χ4v) is 4.11. The van der Waals surface area contributed by atoms with E-state index in [0.717, 1.165) is 11.1 Å². The van der Waals surface area contributed by atoms with Crippen LogP contribution < -0.4 is 4.74 Å². The number of halogens is 2. The summed E-state index contributed by atoms with van der Waals surface area (Å²) in [6.07, 6.45) is 0. The molecule has 1 saturated heterocycles. The molecule has 1 amide bonds. The zero-order valence-electron chi connectivity index (χ0n) is 16.8. The Bertz CT molecular complexity index is 1000. The number of nitrogens with zero attached hydrogens (tertiary/aromatic N) is 2. The number of piperazine rings is 1. The number of amides is 1. The first-order chi connectivity index (χ1) is 14.2. The van der Waals surface area contributed by atoms with Crippen molar-refractivity contribution in [1.29, 1.82) is 0 Å². The first-order valence-electron chi connectivity index (χ1n) is 9.49. The van der Waals surface area contributed by atoms with Gasteiger partial charge in [-0.3, -0.25) is 9.69 Å². The van der Waals surface area contributed by atoms with Crippen molar-refractivity contribution in [2.45, 2.75) is 24.1 Å². The Morgan fingerprint density at radius 2 is 1.70 bits per heavy atom. The predicted octanol–water partition coefficient (Wildman–Crippen LogP) is 2.96. The molecule has 1 heterocycles. The first-order valence-corrected chi connectivity index (χ1v) is 11.0. The Morgan fingerprint density at radius 1 is 1.07 bits per heavy atom. The number of alkyl halides is 2. The Hall–Kier alpha value is -2.52. The molecule has 1 aliphatic rings. The van der Waals surface area contributed by atoms with Gasteiger partial charge in [-0.15, -0.1) is 0 Å². The number of sulfone groups is 1. The van der Waals surface area contributed by atoms with Crippen molar-refractivity contribution in [3.8, 4) is 5.75 Å². The molecule has 9 heteroatoms. The highest BCUT2D eigenvalue weighted by Crippen LogP contribution is 2.22. The van der Waals surface area contributed by atoms with Gasteiger partial charge in [0.2, 0.25) is 9.84 Å². The molecule has 1 aliphatic heterocycles. The molecule has 0 radical (unpaired) electrons. The lowest BCUT2D eigenvalue weighted by Gasteiger charge is -2.35. The molecule has 0 bridgehead atoms. The lowest BCUT2D eigenvalue weighted by Crippen LogP contribution is -2.48. The predicted molar refractivity (Wildman–Crippen MR) is 109 cm³/mol. The molecule has 0 aliphatic carbocycles. The van der Waals surface area contributed by atoms with Gasteiger partial charge in [0.05, 0.1) is 12.0 Å². The third-order valence-electron chi connectivity index (χ3n) is 5.21. The number of carbonyl (C=O) groups is 1. The summed E-state index contributed by atoms with van der Waals surface area (Å²) in [5, 5.41) is 0. The minimum atomic E-state index is -4.58. The van der Waals surface area contributed by atoms with Crippen LogP contribution in [0.2, 0.25) is 0 Å². The number of methoxy groups -OCH3 is 1. The van der Waals surface area contributed by atoms with Crippen molar-refractivity contribution in [1.82, 2.24) is 9.80 Å². The van der Waals surface area contributed by atoms with Gasteiger partial charge in [-0.1, -0.05) is 18.2 Å². The molecule has 0 N–H and O–H groups in total. The number of carbonyl (C=O) groups excluding carboxylic acids is 1. The second-order valence-corrected chi connectivity index (χ2v) is 9.12. The van der Waals surface area contributed by atoms with Gasteiger partial charge in [0.1, 0.15) is 5.75 Å². The van der Waals surface area contributed by atoms with E-state index in [1.165, 1.54) is 12.1 Å². The van der Waals surface area contributed by atoms with E-state index in [2.05, 4.69) is 4.90 Å². The second-order valence-electron chi connectivity index (χ2n) is 7.20. The third-order valence-corrected chi connectivity index (χ3v) is 6.61. The zero-order valence-corrected chi connectivity index (χ0v) is 17.7. The summed E-state index contributed by atoms with van der Waals surface area (Å²) < 4.78 is 53.5. The van der Waals surface area contributed by atoms with Crippen LogP contribution in [0.4, 0.5) is 8.78 Å². The normalized spacial score (nSPS) is 15.4. The van der Waals surface area contributed by atoms with Crippen LogP contribution in [0.1, 0.15) is 21.5 Å². The van der Waals surface area contributed by atoms with Gasteiger partial charge in [0, 0.05) is 38.3 Å². The topological polar surface area (TPSA) is 66.9 Å². The molecule has 6 nitrogen and oxygen atoms in total. The van der Waals surface area contributed by atoms with Crippen molar-refractivity contribution in [3.63, 3.8) is 0 Å². The largest absolute Gasteiger partial charge is 0.496 e. The number of benzene rings is 2. The molecule has 0 unspecified atom stereocenters. The number of ether oxygens (including phenoxy) is 1. The number of aryl methyl sites for hydroxylation is 1. The van der Waals surface area contributed by atoms with Crippen molar-refractivity contribution < 1.29 is 26.7 Å². The average molecular weight is 438 g/mol. The SMILES string of the molecule is COc1cc(C(=O)N2CCN(Cc3ccc(S(=O)(=O)C(F)F)cc3)CC2)ccc1C. The Morgan fingerprint density at radius 3 is 2.27 bits per heavy atom. The Kier molecular flexibility index (Phi) is 6.72. The molecular formula is C21H24F2N2O4S. The van der Waals surface area contributed by atoms with E-state index < -0.39 is 15.6 Å². The van der Waals surface area contributed by atoms with E-state index in [9.17, 15) is 22.0 Å². The molecule has 0 saturated carbocycles. The van der Waals surface area contributed by atoms with Crippen LogP contribution >= 0.6 is 0 Å². The van der Waals surface area contributed by atoms with Crippen LogP contribution in [-0.2, 0) is 16.4 Å². The van der Waals surface area contributed by atoms with Crippen molar-refractivity contribution >= 4 is 15.7 Å². The maximum Gasteiger partial charge on any atom is 0.341 e. The van der Waals surface area contributed by atoms with Crippen LogP contribution in [0.3, 0.4) is 0 Å². The van der Waals surface area contributed by atoms with Crippen LogP contribution in [0.15, 0.2) is 47.4 Å². The van der Waals surface area contributed by atoms with E-state index in [4.69, 9.17) is 4.74 Å². The Balaban J connectivity index is 1.57. The summed E-state index contributed by atoms with van der Waals surface area (Å²) in [5.41, 5.74) is 2.37. The molecule has 1 fully saturated rings. The molecule has 30 heavy (non-hydrogen) atoms. The van der Waals surface area contributed by atoms with Gasteiger partial charge in [0.25, 0.3) is 5.91 Å². The third kappa shape index (κ3) is 4.79. The van der Waals surface area contributed by atoms with E-state index in [-0.39, 0.29) is 10.8 Å². The van der Waals surface area contributed by atoms with Crippen LogP contribution in [-0.4, -0.2) is 63.2 Å². The van der Waals surface area contributed by atoms with Gasteiger partial charge in [-0.25, -0.2) is 8.42 Å². The number of hydrogen-bond donors (Lipinski definition) is 0. The van der Waals surface area contributed by atoms with Gasteiger partial charge < -0.3 is 9.64 Å². The fourth-order valence-electron chi connectivity index (χ4n) is 3.39. The highest BCUT2D eigenvalue weighted by atomic mass is 32.2. The number of hydrogen-bond acceptors (Lipinski definition) is 5. The average Bonchev–Trinajstić information content (AvgIpc) is 2.74. The maximum absolute atomic E-state index is 12.8. The van der Waals surface area contributed by atoms with Crippen LogP contribution in [0.5, 0.6) is 5.75 Å². The van der Waals surface area contributed by atoms with E-state index in [1.54, 1.807) is 36.3 Å². The van der Waals surface area contributed by atoms with Crippen molar-refractivity contribution in [2.75, 3.05) is 33.3 Å². The quantitative estimate of drug-likeness (QED) is 0.694. The van der Waals surface area contributed by atoms with Crippen LogP contribution in [0.25, 0.3) is 0 Å². The molecular weight excluding hydrogens is 414 g/mol. The lowest BCUT2D eigenvalue weighted by molar-refractivity contribution is 0.0628. The van der Waals surface area contributed by atoms with Gasteiger partial charge in [-0.05, 0) is 42.3 Å². The van der Waals surface area contributed by atoms with E-state index in [1.807, 2.05) is 13.0 Å². The van der Waals surface area contributed by atoms with Gasteiger partial charge >= 0.3 is 5.76 Å². The summed E-state index contributed by atoms with van der Waals surface area (Å²) in [6.45, 7) is 4.91. The maximum atomic E-state index is 12.8. The molecule has 0 atom stereocenters. The minimum Gasteiger partial charge on any atom is -0.496 e. The van der Waals surface area contributed by atoms with Crippen LogP contribution in [0, 0.1) is 6.92 Å². The summed E-state index contributed by atoms with van der Waals surface area (Å²) in [5.74, 6) is -2.80. The monoisotopic (exact) mass is 438 g/mol. The minimum absolute atomic E-state index is 0.0468. The fraction of sp³-hybridized carbons (Fsp3) is 0.381. The molecule has 2 aromatic carbocycles. The van der Waals surface area contributed by atoms with Crippen molar-refractivity contribution in [3.05, 3.63) is 59.2 Å². The summed E-state index contributed by atoms with van der Waals surface area (Å²) in [6, 6.07) is 10.9. The molecule has 0 aromatic heterocycles. The highest BCUT2D eigenvalue weighted by Gasteiger charge is 2.27. The molecule has 2 aromatic rings. The summed E-state index contributed by atoms with van der Waals surface area (Å²) >= 11 is 0.